The Kier molecular flexibility index (Phi) is 6.03. The van der Waals surface area contributed by atoms with Crippen molar-refractivity contribution in [2.75, 3.05) is 18.4 Å². The molecule has 162 valence electrons. The average Bonchev–Trinajstić information content (AvgIpc) is 2.73. The third-order valence-electron chi connectivity index (χ3n) is 5.20. The second kappa shape index (κ2) is 8.59. The first kappa shape index (κ1) is 21.8. The van der Waals surface area contributed by atoms with E-state index in [4.69, 9.17) is 16.3 Å². The second-order valence-electron chi connectivity index (χ2n) is 7.74. The molecule has 0 radical (unpaired) electrons. The van der Waals surface area contributed by atoms with Crippen LogP contribution in [-0.4, -0.2) is 43.9 Å². The molecule has 3 aromatic carbocycles. The summed E-state index contributed by atoms with van der Waals surface area (Å²) in [5.41, 5.74) is 0.837. The quantitative estimate of drug-likeness (QED) is 0.622. The Bertz CT molecular complexity index is 1240. The number of nitrogens with zero attached hydrogens (tertiary/aromatic N) is 1. The van der Waals surface area contributed by atoms with Crippen LogP contribution < -0.4 is 5.32 Å². The summed E-state index contributed by atoms with van der Waals surface area (Å²) in [4.78, 5) is 12.8. The molecule has 0 saturated carbocycles. The minimum Gasteiger partial charge on any atom is -0.373 e. The molecule has 0 aromatic heterocycles. The lowest BCUT2D eigenvalue weighted by Crippen LogP contribution is -2.48. The van der Waals surface area contributed by atoms with E-state index in [1.165, 1.54) is 22.5 Å². The van der Waals surface area contributed by atoms with E-state index < -0.39 is 15.9 Å². The van der Waals surface area contributed by atoms with Crippen LogP contribution in [0.4, 0.5) is 5.69 Å². The van der Waals surface area contributed by atoms with Crippen molar-refractivity contribution in [2.24, 2.45) is 0 Å². The molecule has 1 fully saturated rings. The van der Waals surface area contributed by atoms with Gasteiger partial charge < -0.3 is 10.1 Å². The zero-order valence-electron chi connectivity index (χ0n) is 17.2. The smallest absolute Gasteiger partial charge is 0.255 e. The van der Waals surface area contributed by atoms with E-state index in [0.717, 1.165) is 10.8 Å². The fraction of sp³-hybridized carbons (Fsp3) is 0.261. The third-order valence-corrected chi connectivity index (χ3v) is 7.52. The second-order valence-corrected chi connectivity index (χ2v) is 10.1. The number of carbonyl (C=O) groups excluding carboxylic acids is 1. The lowest BCUT2D eigenvalue weighted by molar-refractivity contribution is -0.0440. The fourth-order valence-electron chi connectivity index (χ4n) is 3.78. The number of rotatable bonds is 4. The summed E-state index contributed by atoms with van der Waals surface area (Å²) < 4.78 is 33.5. The monoisotopic (exact) mass is 458 g/mol. The highest BCUT2D eigenvalue weighted by atomic mass is 35.5. The van der Waals surface area contributed by atoms with Crippen molar-refractivity contribution in [1.82, 2.24) is 4.31 Å². The van der Waals surface area contributed by atoms with Gasteiger partial charge in [0, 0.05) is 24.3 Å². The summed E-state index contributed by atoms with van der Waals surface area (Å²) in [6.45, 7) is 4.12. The molecule has 1 N–H and O–H groups in total. The summed E-state index contributed by atoms with van der Waals surface area (Å²) in [6, 6.07) is 17.7. The molecule has 6 nitrogen and oxygen atoms in total. The maximum absolute atomic E-state index is 13.2. The van der Waals surface area contributed by atoms with Crippen LogP contribution in [0.25, 0.3) is 10.8 Å². The molecular formula is C23H23ClN2O4S. The molecule has 1 aliphatic rings. The third kappa shape index (κ3) is 4.60. The standard InChI is InChI=1S/C23H23ClN2O4S/c1-15-13-26(14-16(2)30-15)31(28,29)22-12-19(8-10-21(22)24)23(27)25-20-9-7-17-5-3-4-6-18(17)11-20/h3-12,15-16H,13-14H2,1-2H3,(H,25,27). The molecule has 2 unspecified atom stereocenters. The number of carbonyl (C=O) groups is 1. The van der Waals surface area contributed by atoms with Crippen LogP contribution >= 0.6 is 11.6 Å². The Morgan fingerprint density at radius 1 is 1.00 bits per heavy atom. The molecule has 1 saturated heterocycles. The predicted molar refractivity (Wildman–Crippen MR) is 122 cm³/mol. The number of benzene rings is 3. The summed E-state index contributed by atoms with van der Waals surface area (Å²) in [5, 5.41) is 4.97. The van der Waals surface area contributed by atoms with Crippen molar-refractivity contribution in [1.29, 1.82) is 0 Å². The Balaban J connectivity index is 1.61. The SMILES string of the molecule is CC1CN(S(=O)(=O)c2cc(C(=O)Nc3ccc4ccccc4c3)ccc2Cl)CC(C)O1. The van der Waals surface area contributed by atoms with E-state index in [1.807, 2.05) is 56.3 Å². The number of hydrogen-bond donors (Lipinski definition) is 1. The number of halogens is 1. The molecule has 1 amide bonds. The molecule has 4 rings (SSSR count). The molecule has 0 aliphatic carbocycles. The van der Waals surface area contributed by atoms with Crippen molar-refractivity contribution in [3.63, 3.8) is 0 Å². The highest BCUT2D eigenvalue weighted by molar-refractivity contribution is 7.89. The molecule has 31 heavy (non-hydrogen) atoms. The van der Waals surface area contributed by atoms with Crippen LogP contribution in [0.15, 0.2) is 65.6 Å². The van der Waals surface area contributed by atoms with Gasteiger partial charge in [0.15, 0.2) is 0 Å². The number of amides is 1. The van der Waals surface area contributed by atoms with Crippen molar-refractivity contribution >= 4 is 44.0 Å². The zero-order chi connectivity index (χ0) is 22.2. The number of morpholine rings is 1. The maximum Gasteiger partial charge on any atom is 0.255 e. The zero-order valence-corrected chi connectivity index (χ0v) is 18.8. The fourth-order valence-corrected chi connectivity index (χ4v) is 5.87. The van der Waals surface area contributed by atoms with Crippen LogP contribution in [-0.2, 0) is 14.8 Å². The van der Waals surface area contributed by atoms with Gasteiger partial charge in [0.2, 0.25) is 10.0 Å². The molecule has 0 bridgehead atoms. The Morgan fingerprint density at radius 2 is 1.68 bits per heavy atom. The van der Waals surface area contributed by atoms with Crippen LogP contribution in [0.3, 0.4) is 0 Å². The van der Waals surface area contributed by atoms with E-state index in [-0.39, 0.29) is 40.8 Å². The largest absolute Gasteiger partial charge is 0.373 e. The van der Waals surface area contributed by atoms with Gasteiger partial charge >= 0.3 is 0 Å². The van der Waals surface area contributed by atoms with Crippen molar-refractivity contribution < 1.29 is 17.9 Å². The van der Waals surface area contributed by atoms with Crippen LogP contribution in [0.1, 0.15) is 24.2 Å². The van der Waals surface area contributed by atoms with Crippen LogP contribution in [0.2, 0.25) is 5.02 Å². The number of nitrogens with one attached hydrogen (secondary N) is 1. The summed E-state index contributed by atoms with van der Waals surface area (Å²) >= 11 is 6.23. The number of hydrogen-bond acceptors (Lipinski definition) is 4. The van der Waals surface area contributed by atoms with E-state index in [1.54, 1.807) is 0 Å². The van der Waals surface area contributed by atoms with E-state index in [0.29, 0.717) is 5.69 Å². The molecule has 3 aromatic rings. The van der Waals surface area contributed by atoms with Gasteiger partial charge in [0.05, 0.1) is 17.2 Å². The highest BCUT2D eigenvalue weighted by Gasteiger charge is 2.33. The first-order chi connectivity index (χ1) is 14.7. The van der Waals surface area contributed by atoms with Crippen molar-refractivity contribution in [3.8, 4) is 0 Å². The minimum atomic E-state index is -3.87. The number of fused-ring (bicyclic) bond motifs is 1. The summed E-state index contributed by atoms with van der Waals surface area (Å²) in [5.74, 6) is -0.410. The lowest BCUT2D eigenvalue weighted by atomic mass is 10.1. The molecular weight excluding hydrogens is 436 g/mol. The highest BCUT2D eigenvalue weighted by Crippen LogP contribution is 2.28. The van der Waals surface area contributed by atoms with Gasteiger partial charge in [-0.05, 0) is 55.0 Å². The Labute approximate surface area is 186 Å². The van der Waals surface area contributed by atoms with Gasteiger partial charge in [-0.2, -0.15) is 4.31 Å². The minimum absolute atomic E-state index is 0.0778. The number of anilines is 1. The normalized spacial score (nSPS) is 20.0. The van der Waals surface area contributed by atoms with E-state index in [2.05, 4.69) is 5.32 Å². The summed E-state index contributed by atoms with van der Waals surface area (Å²) in [6.07, 6.45) is -0.451. The van der Waals surface area contributed by atoms with Gasteiger partial charge in [-0.3, -0.25) is 4.79 Å². The lowest BCUT2D eigenvalue weighted by Gasteiger charge is -2.34. The van der Waals surface area contributed by atoms with Gasteiger partial charge in [0.25, 0.3) is 5.91 Å². The van der Waals surface area contributed by atoms with Gasteiger partial charge in [-0.25, -0.2) is 8.42 Å². The molecule has 8 heteroatoms. The number of sulfonamides is 1. The Hall–Kier alpha value is -2.45. The number of ether oxygens (including phenoxy) is 1. The molecule has 2 atom stereocenters. The predicted octanol–water partition coefficient (Wildman–Crippen LogP) is 4.54. The van der Waals surface area contributed by atoms with E-state index >= 15 is 0 Å². The van der Waals surface area contributed by atoms with Crippen molar-refractivity contribution in [3.05, 3.63) is 71.2 Å². The topological polar surface area (TPSA) is 75.7 Å². The van der Waals surface area contributed by atoms with Gasteiger partial charge in [-0.15, -0.1) is 0 Å². The van der Waals surface area contributed by atoms with E-state index in [9.17, 15) is 13.2 Å². The van der Waals surface area contributed by atoms with Gasteiger partial charge in [0.1, 0.15) is 4.90 Å². The van der Waals surface area contributed by atoms with Crippen LogP contribution in [0, 0.1) is 0 Å². The maximum atomic E-state index is 13.2. The first-order valence-corrected chi connectivity index (χ1v) is 11.8. The van der Waals surface area contributed by atoms with Crippen LogP contribution in [0.5, 0.6) is 0 Å². The van der Waals surface area contributed by atoms with Gasteiger partial charge in [-0.1, -0.05) is 41.9 Å². The molecule has 1 heterocycles. The first-order valence-electron chi connectivity index (χ1n) is 9.99. The Morgan fingerprint density at radius 3 is 2.39 bits per heavy atom. The molecule has 1 aliphatic heterocycles. The molecule has 0 spiro atoms. The summed E-state index contributed by atoms with van der Waals surface area (Å²) in [7, 11) is -3.87. The average molecular weight is 459 g/mol. The van der Waals surface area contributed by atoms with Crippen molar-refractivity contribution in [2.45, 2.75) is 31.0 Å².